The van der Waals surface area contributed by atoms with Crippen LogP contribution >= 0.6 is 0 Å². The first-order chi connectivity index (χ1) is 11.1. The summed E-state index contributed by atoms with van der Waals surface area (Å²) >= 11 is 0. The van der Waals surface area contributed by atoms with Gasteiger partial charge in [-0.25, -0.2) is 0 Å². The molecule has 2 fully saturated rings. The Kier molecular flexibility index (Phi) is 5.21. The molecule has 1 saturated carbocycles. The molecule has 4 nitrogen and oxygen atoms in total. The van der Waals surface area contributed by atoms with Gasteiger partial charge < -0.3 is 15.3 Å². The van der Waals surface area contributed by atoms with Crippen molar-refractivity contribution in [3.63, 3.8) is 0 Å². The average molecular weight is 316 g/mol. The number of hydrogen-bond donors (Lipinski definition) is 2. The minimum absolute atomic E-state index is 0.0785. The summed E-state index contributed by atoms with van der Waals surface area (Å²) in [5, 5.41) is 13.5. The lowest BCUT2D eigenvalue weighted by Crippen LogP contribution is -2.36. The largest absolute Gasteiger partial charge is 0.389 e. The fourth-order valence-electron chi connectivity index (χ4n) is 3.82. The molecule has 1 aromatic carbocycles. The zero-order chi connectivity index (χ0) is 16.1. The quantitative estimate of drug-likeness (QED) is 0.890. The molecular formula is C19H28N2O2. The summed E-state index contributed by atoms with van der Waals surface area (Å²) in [6.45, 7) is 2.19. The van der Waals surface area contributed by atoms with E-state index < -0.39 is 5.60 Å². The average Bonchev–Trinajstić information content (AvgIpc) is 2.56. The molecule has 1 aliphatic carbocycles. The van der Waals surface area contributed by atoms with E-state index >= 15 is 0 Å². The molecule has 1 saturated heterocycles. The summed E-state index contributed by atoms with van der Waals surface area (Å²) in [5.74, 6) is -0.0785. The SMILES string of the molecule is O=C(CC1(O)CCCCC1)Nc1cccc(N2CCCCC2)c1. The molecule has 1 aromatic rings. The second kappa shape index (κ2) is 7.35. The second-order valence-corrected chi connectivity index (χ2v) is 7.11. The molecule has 2 aliphatic rings. The number of nitrogens with one attached hydrogen (secondary N) is 1. The Hall–Kier alpha value is -1.55. The fraction of sp³-hybridized carbons (Fsp3) is 0.632. The highest BCUT2D eigenvalue weighted by Crippen LogP contribution is 2.31. The van der Waals surface area contributed by atoms with Crippen LogP contribution in [0.3, 0.4) is 0 Å². The van der Waals surface area contributed by atoms with Crippen molar-refractivity contribution >= 4 is 17.3 Å². The highest BCUT2D eigenvalue weighted by atomic mass is 16.3. The third-order valence-electron chi connectivity index (χ3n) is 5.13. The van der Waals surface area contributed by atoms with Gasteiger partial charge in [-0.2, -0.15) is 0 Å². The predicted octanol–water partition coefficient (Wildman–Crippen LogP) is 3.70. The monoisotopic (exact) mass is 316 g/mol. The van der Waals surface area contributed by atoms with Gasteiger partial charge in [0, 0.05) is 24.5 Å². The van der Waals surface area contributed by atoms with Gasteiger partial charge in [0.1, 0.15) is 0 Å². The Labute approximate surface area is 138 Å². The Balaban J connectivity index is 1.59. The van der Waals surface area contributed by atoms with Crippen LogP contribution in [-0.2, 0) is 4.79 Å². The number of nitrogens with zero attached hydrogens (tertiary/aromatic N) is 1. The molecule has 3 rings (SSSR count). The van der Waals surface area contributed by atoms with Crippen LogP contribution in [0.4, 0.5) is 11.4 Å². The third-order valence-corrected chi connectivity index (χ3v) is 5.13. The maximum atomic E-state index is 12.3. The van der Waals surface area contributed by atoms with E-state index in [1.54, 1.807) is 0 Å². The van der Waals surface area contributed by atoms with Crippen molar-refractivity contribution in [1.29, 1.82) is 0 Å². The van der Waals surface area contributed by atoms with E-state index in [1.807, 2.05) is 18.2 Å². The van der Waals surface area contributed by atoms with Gasteiger partial charge in [-0.05, 0) is 50.3 Å². The molecule has 1 aliphatic heterocycles. The number of amides is 1. The maximum absolute atomic E-state index is 12.3. The van der Waals surface area contributed by atoms with Crippen LogP contribution < -0.4 is 10.2 Å². The van der Waals surface area contributed by atoms with Crippen LogP contribution in [0.2, 0.25) is 0 Å². The van der Waals surface area contributed by atoms with E-state index in [-0.39, 0.29) is 12.3 Å². The van der Waals surface area contributed by atoms with Crippen LogP contribution in [-0.4, -0.2) is 29.7 Å². The number of carbonyl (C=O) groups is 1. The molecule has 0 aromatic heterocycles. The number of aliphatic hydroxyl groups is 1. The Morgan fingerprint density at radius 3 is 2.52 bits per heavy atom. The summed E-state index contributed by atoms with van der Waals surface area (Å²) in [7, 11) is 0. The van der Waals surface area contributed by atoms with E-state index in [0.717, 1.165) is 44.5 Å². The van der Waals surface area contributed by atoms with E-state index in [4.69, 9.17) is 0 Å². The minimum atomic E-state index is -0.799. The molecule has 4 heteroatoms. The fourth-order valence-corrected chi connectivity index (χ4v) is 3.82. The van der Waals surface area contributed by atoms with Crippen LogP contribution in [0.5, 0.6) is 0 Å². The van der Waals surface area contributed by atoms with Crippen LogP contribution in [0.25, 0.3) is 0 Å². The van der Waals surface area contributed by atoms with Gasteiger partial charge in [0.05, 0.1) is 12.0 Å². The lowest BCUT2D eigenvalue weighted by Gasteiger charge is -2.31. The summed E-state index contributed by atoms with van der Waals surface area (Å²) < 4.78 is 0. The number of anilines is 2. The van der Waals surface area contributed by atoms with Gasteiger partial charge in [-0.15, -0.1) is 0 Å². The first kappa shape index (κ1) is 16.3. The molecule has 23 heavy (non-hydrogen) atoms. The topological polar surface area (TPSA) is 52.6 Å². The molecular weight excluding hydrogens is 288 g/mol. The van der Waals surface area contributed by atoms with Crippen LogP contribution in [0.1, 0.15) is 57.8 Å². The second-order valence-electron chi connectivity index (χ2n) is 7.11. The minimum Gasteiger partial charge on any atom is -0.389 e. The highest BCUT2D eigenvalue weighted by molar-refractivity contribution is 5.91. The number of rotatable bonds is 4. The van der Waals surface area contributed by atoms with Gasteiger partial charge in [0.25, 0.3) is 0 Å². The maximum Gasteiger partial charge on any atom is 0.227 e. The van der Waals surface area contributed by atoms with Gasteiger partial charge in [0.2, 0.25) is 5.91 Å². The smallest absolute Gasteiger partial charge is 0.227 e. The molecule has 126 valence electrons. The molecule has 0 atom stereocenters. The van der Waals surface area contributed by atoms with E-state index in [1.165, 1.54) is 31.4 Å². The predicted molar refractivity (Wildman–Crippen MR) is 93.8 cm³/mol. The molecule has 0 radical (unpaired) electrons. The van der Waals surface area contributed by atoms with Crippen molar-refractivity contribution in [2.45, 2.75) is 63.4 Å². The van der Waals surface area contributed by atoms with Crippen molar-refractivity contribution in [3.05, 3.63) is 24.3 Å². The molecule has 0 spiro atoms. The summed E-state index contributed by atoms with van der Waals surface area (Å²) in [6, 6.07) is 8.08. The van der Waals surface area contributed by atoms with Crippen molar-refractivity contribution in [1.82, 2.24) is 0 Å². The van der Waals surface area contributed by atoms with Gasteiger partial charge in [-0.3, -0.25) is 4.79 Å². The molecule has 1 heterocycles. The Bertz CT molecular complexity index is 532. The van der Waals surface area contributed by atoms with E-state index in [2.05, 4.69) is 16.3 Å². The number of hydrogen-bond acceptors (Lipinski definition) is 3. The van der Waals surface area contributed by atoms with Gasteiger partial charge in [0.15, 0.2) is 0 Å². The normalized spacial score (nSPS) is 21.0. The summed E-state index contributed by atoms with van der Waals surface area (Å²) in [6.07, 6.45) is 8.70. The molecule has 0 bridgehead atoms. The van der Waals surface area contributed by atoms with Gasteiger partial charge in [-0.1, -0.05) is 25.3 Å². The van der Waals surface area contributed by atoms with Crippen molar-refractivity contribution < 1.29 is 9.90 Å². The third kappa shape index (κ3) is 4.47. The summed E-state index contributed by atoms with van der Waals surface area (Å²) in [4.78, 5) is 14.7. The van der Waals surface area contributed by atoms with Crippen LogP contribution in [0, 0.1) is 0 Å². The molecule has 2 N–H and O–H groups in total. The zero-order valence-electron chi connectivity index (χ0n) is 13.9. The molecule has 0 unspecified atom stereocenters. The first-order valence-electron chi connectivity index (χ1n) is 9.02. The number of carbonyl (C=O) groups excluding carboxylic acids is 1. The molecule has 1 amide bonds. The Morgan fingerprint density at radius 2 is 1.78 bits per heavy atom. The first-order valence-corrected chi connectivity index (χ1v) is 9.02. The van der Waals surface area contributed by atoms with Gasteiger partial charge >= 0.3 is 0 Å². The lowest BCUT2D eigenvalue weighted by atomic mass is 9.82. The van der Waals surface area contributed by atoms with Crippen LogP contribution in [0.15, 0.2) is 24.3 Å². The van der Waals surface area contributed by atoms with E-state index in [9.17, 15) is 9.90 Å². The number of piperidine rings is 1. The highest BCUT2D eigenvalue weighted by Gasteiger charge is 2.31. The zero-order valence-corrected chi connectivity index (χ0v) is 13.9. The number of benzene rings is 1. The van der Waals surface area contributed by atoms with Crippen molar-refractivity contribution in [2.24, 2.45) is 0 Å². The van der Waals surface area contributed by atoms with E-state index in [0.29, 0.717) is 0 Å². The standard InChI is InChI=1S/C19H28N2O2/c22-18(15-19(23)10-3-1-4-11-19)20-16-8-7-9-17(14-16)21-12-5-2-6-13-21/h7-9,14,23H,1-6,10-13,15H2,(H,20,22). The summed E-state index contributed by atoms with van der Waals surface area (Å²) in [5.41, 5.74) is 1.21. The Morgan fingerprint density at radius 1 is 1.09 bits per heavy atom. The lowest BCUT2D eigenvalue weighted by molar-refractivity contribution is -0.122. The van der Waals surface area contributed by atoms with Crippen molar-refractivity contribution in [2.75, 3.05) is 23.3 Å². The van der Waals surface area contributed by atoms with Crippen molar-refractivity contribution in [3.8, 4) is 0 Å².